The number of aromatic hydroxyl groups is 1. The number of phenolic OH excluding ortho intramolecular Hbond substituents is 1. The molecule has 1 atom stereocenters. The lowest BCUT2D eigenvalue weighted by molar-refractivity contribution is -0.0106. The van der Waals surface area contributed by atoms with Crippen molar-refractivity contribution in [3.63, 3.8) is 0 Å². The van der Waals surface area contributed by atoms with Gasteiger partial charge >= 0.3 is 0 Å². The molecule has 0 fully saturated rings. The first-order valence-corrected chi connectivity index (χ1v) is 6.71. The Hall–Kier alpha value is -1.06. The molecular formula is C15H23NO2. The van der Waals surface area contributed by atoms with Crippen LogP contribution in [0.2, 0.25) is 0 Å². The summed E-state index contributed by atoms with van der Waals surface area (Å²) in [5.74, 6) is 0.431. The summed E-state index contributed by atoms with van der Waals surface area (Å²) in [5, 5.41) is 13.4. The minimum absolute atomic E-state index is 0.145. The number of rotatable bonds is 5. The van der Waals surface area contributed by atoms with Crippen molar-refractivity contribution in [2.45, 2.75) is 45.3 Å². The van der Waals surface area contributed by atoms with E-state index in [1.165, 1.54) is 5.56 Å². The number of hydrogen-bond donors (Lipinski definition) is 2. The highest BCUT2D eigenvalue weighted by atomic mass is 16.5. The van der Waals surface area contributed by atoms with Gasteiger partial charge in [0.05, 0.1) is 5.60 Å². The smallest absolute Gasteiger partial charge is 0.119 e. The van der Waals surface area contributed by atoms with Gasteiger partial charge < -0.3 is 15.2 Å². The molecule has 3 heteroatoms. The molecule has 0 amide bonds. The SMILES string of the molecule is CCOC(C)(C)CNC1CCc2c(O)cccc21. The lowest BCUT2D eigenvalue weighted by Gasteiger charge is -2.27. The third-order valence-electron chi connectivity index (χ3n) is 3.56. The van der Waals surface area contributed by atoms with Crippen LogP contribution in [0.25, 0.3) is 0 Å². The molecule has 1 aromatic rings. The summed E-state index contributed by atoms with van der Waals surface area (Å²) in [7, 11) is 0. The Balaban J connectivity index is 2.00. The second kappa shape index (κ2) is 5.29. The summed E-state index contributed by atoms with van der Waals surface area (Å²) >= 11 is 0. The van der Waals surface area contributed by atoms with Gasteiger partial charge in [0.1, 0.15) is 5.75 Å². The average Bonchev–Trinajstić information content (AvgIpc) is 2.71. The first-order valence-electron chi connectivity index (χ1n) is 6.71. The van der Waals surface area contributed by atoms with E-state index in [0.717, 1.165) is 31.6 Å². The molecule has 0 radical (unpaired) electrons. The number of hydrogen-bond acceptors (Lipinski definition) is 3. The maximum absolute atomic E-state index is 9.81. The maximum Gasteiger partial charge on any atom is 0.119 e. The number of benzene rings is 1. The zero-order chi connectivity index (χ0) is 13.2. The predicted molar refractivity (Wildman–Crippen MR) is 72.9 cm³/mol. The van der Waals surface area contributed by atoms with Crippen LogP contribution in [0.5, 0.6) is 5.75 Å². The van der Waals surface area contributed by atoms with Crippen molar-refractivity contribution in [2.24, 2.45) is 0 Å². The van der Waals surface area contributed by atoms with Crippen LogP contribution in [0.4, 0.5) is 0 Å². The predicted octanol–water partition coefficient (Wildman–Crippen LogP) is 2.78. The molecule has 0 bridgehead atoms. The first-order chi connectivity index (χ1) is 8.53. The van der Waals surface area contributed by atoms with E-state index in [0.29, 0.717) is 11.8 Å². The van der Waals surface area contributed by atoms with Crippen LogP contribution in [0, 0.1) is 0 Å². The van der Waals surface area contributed by atoms with Crippen LogP contribution in [0.3, 0.4) is 0 Å². The summed E-state index contributed by atoms with van der Waals surface area (Å²) in [5.41, 5.74) is 2.19. The quantitative estimate of drug-likeness (QED) is 0.843. The second-order valence-electron chi connectivity index (χ2n) is 5.51. The van der Waals surface area contributed by atoms with Gasteiger partial charge in [-0.15, -0.1) is 0 Å². The van der Waals surface area contributed by atoms with Crippen molar-refractivity contribution in [2.75, 3.05) is 13.2 Å². The van der Waals surface area contributed by atoms with Gasteiger partial charge in [0.25, 0.3) is 0 Å². The monoisotopic (exact) mass is 249 g/mol. The van der Waals surface area contributed by atoms with Crippen molar-refractivity contribution in [1.29, 1.82) is 0 Å². The minimum Gasteiger partial charge on any atom is -0.508 e. The molecule has 0 saturated heterocycles. The summed E-state index contributed by atoms with van der Waals surface area (Å²) < 4.78 is 5.69. The normalized spacial score (nSPS) is 18.9. The molecular weight excluding hydrogens is 226 g/mol. The van der Waals surface area contributed by atoms with Crippen LogP contribution in [0.1, 0.15) is 44.4 Å². The Morgan fingerprint density at radius 1 is 1.44 bits per heavy atom. The molecule has 0 aliphatic heterocycles. The van der Waals surface area contributed by atoms with Crippen molar-refractivity contribution in [1.82, 2.24) is 5.32 Å². The lowest BCUT2D eigenvalue weighted by atomic mass is 10.1. The molecule has 0 heterocycles. The van der Waals surface area contributed by atoms with Gasteiger partial charge in [-0.25, -0.2) is 0 Å². The third kappa shape index (κ3) is 2.85. The zero-order valence-electron chi connectivity index (χ0n) is 11.5. The fourth-order valence-electron chi connectivity index (χ4n) is 2.66. The Morgan fingerprint density at radius 3 is 2.94 bits per heavy atom. The largest absolute Gasteiger partial charge is 0.508 e. The average molecular weight is 249 g/mol. The zero-order valence-corrected chi connectivity index (χ0v) is 11.5. The molecule has 0 saturated carbocycles. The number of ether oxygens (including phenoxy) is 1. The molecule has 1 aliphatic rings. The van der Waals surface area contributed by atoms with Gasteiger partial charge in [0.2, 0.25) is 0 Å². The third-order valence-corrected chi connectivity index (χ3v) is 3.56. The molecule has 18 heavy (non-hydrogen) atoms. The molecule has 1 unspecified atom stereocenters. The van der Waals surface area contributed by atoms with Gasteiger partial charge in [0.15, 0.2) is 0 Å². The summed E-state index contributed by atoms with van der Waals surface area (Å²) in [6, 6.07) is 6.13. The van der Waals surface area contributed by atoms with Crippen molar-refractivity contribution < 1.29 is 9.84 Å². The number of fused-ring (bicyclic) bond motifs is 1. The van der Waals surface area contributed by atoms with E-state index in [4.69, 9.17) is 4.74 Å². The Kier molecular flexibility index (Phi) is 3.93. The molecule has 3 nitrogen and oxygen atoms in total. The fraction of sp³-hybridized carbons (Fsp3) is 0.600. The van der Waals surface area contributed by atoms with Gasteiger partial charge in [0, 0.05) is 19.2 Å². The molecule has 1 aliphatic carbocycles. The van der Waals surface area contributed by atoms with Crippen molar-refractivity contribution >= 4 is 0 Å². The van der Waals surface area contributed by atoms with E-state index in [-0.39, 0.29) is 5.60 Å². The topological polar surface area (TPSA) is 41.5 Å². The Bertz CT molecular complexity index is 415. The van der Waals surface area contributed by atoms with Crippen LogP contribution in [0.15, 0.2) is 18.2 Å². The van der Waals surface area contributed by atoms with Crippen LogP contribution >= 0.6 is 0 Å². The van der Waals surface area contributed by atoms with Crippen molar-refractivity contribution in [3.05, 3.63) is 29.3 Å². The van der Waals surface area contributed by atoms with Crippen molar-refractivity contribution in [3.8, 4) is 5.75 Å². The van der Waals surface area contributed by atoms with E-state index in [1.54, 1.807) is 6.07 Å². The molecule has 2 N–H and O–H groups in total. The van der Waals surface area contributed by atoms with E-state index >= 15 is 0 Å². The van der Waals surface area contributed by atoms with Gasteiger partial charge in [-0.2, -0.15) is 0 Å². The molecule has 100 valence electrons. The Labute approximate surface area is 109 Å². The van der Waals surface area contributed by atoms with E-state index in [2.05, 4.69) is 25.2 Å². The lowest BCUT2D eigenvalue weighted by Crippen LogP contribution is -2.38. The van der Waals surface area contributed by atoms with Crippen LogP contribution < -0.4 is 5.32 Å². The summed E-state index contributed by atoms with van der Waals surface area (Å²) in [4.78, 5) is 0. The molecule has 1 aromatic carbocycles. The maximum atomic E-state index is 9.81. The standard InChI is InChI=1S/C15H23NO2/c1-4-18-15(2,3)10-16-13-9-8-12-11(13)6-5-7-14(12)17/h5-7,13,16-17H,4,8-10H2,1-3H3. The van der Waals surface area contributed by atoms with E-state index < -0.39 is 0 Å². The van der Waals surface area contributed by atoms with Crippen LogP contribution in [-0.2, 0) is 11.2 Å². The number of nitrogens with one attached hydrogen (secondary N) is 1. The van der Waals surface area contributed by atoms with Gasteiger partial charge in [-0.3, -0.25) is 0 Å². The molecule has 2 rings (SSSR count). The highest BCUT2D eigenvalue weighted by molar-refractivity contribution is 5.44. The highest BCUT2D eigenvalue weighted by Crippen LogP contribution is 2.36. The summed E-state index contributed by atoms with van der Waals surface area (Å²) in [6.45, 7) is 7.77. The number of phenols is 1. The van der Waals surface area contributed by atoms with Crippen LogP contribution in [-0.4, -0.2) is 23.9 Å². The summed E-state index contributed by atoms with van der Waals surface area (Å²) in [6.07, 6.45) is 2.00. The fourth-order valence-corrected chi connectivity index (χ4v) is 2.66. The molecule has 0 spiro atoms. The highest BCUT2D eigenvalue weighted by Gasteiger charge is 2.26. The van der Waals surface area contributed by atoms with Gasteiger partial charge in [-0.05, 0) is 50.8 Å². The van der Waals surface area contributed by atoms with E-state index in [9.17, 15) is 5.11 Å². The van der Waals surface area contributed by atoms with Gasteiger partial charge in [-0.1, -0.05) is 12.1 Å². The second-order valence-corrected chi connectivity index (χ2v) is 5.51. The Morgan fingerprint density at radius 2 is 2.22 bits per heavy atom. The minimum atomic E-state index is -0.145. The van der Waals surface area contributed by atoms with E-state index in [1.807, 2.05) is 13.0 Å². The molecule has 0 aromatic heterocycles. The first kappa shape index (κ1) is 13.4.